The number of benzene rings is 2. The molecule has 0 saturated heterocycles. The lowest BCUT2D eigenvalue weighted by Crippen LogP contribution is -2.05. The molecule has 24 heavy (non-hydrogen) atoms. The molecular formula is C21H25ClN2. The Morgan fingerprint density at radius 1 is 0.792 bits per heavy atom. The SMILES string of the molecule is ClCCCCCCCn1c(Cc2ccccc2)nc2ccccc21. The summed E-state index contributed by atoms with van der Waals surface area (Å²) in [5.74, 6) is 1.95. The van der Waals surface area contributed by atoms with Crippen LogP contribution in [-0.2, 0) is 13.0 Å². The minimum absolute atomic E-state index is 0.785. The van der Waals surface area contributed by atoms with E-state index < -0.39 is 0 Å². The molecule has 1 heterocycles. The number of hydrogen-bond acceptors (Lipinski definition) is 1. The van der Waals surface area contributed by atoms with Gasteiger partial charge in [-0.05, 0) is 30.5 Å². The fourth-order valence-corrected chi connectivity index (χ4v) is 3.37. The van der Waals surface area contributed by atoms with E-state index in [-0.39, 0.29) is 0 Å². The minimum Gasteiger partial charge on any atom is -0.328 e. The number of rotatable bonds is 9. The van der Waals surface area contributed by atoms with Crippen molar-refractivity contribution in [2.45, 2.75) is 45.1 Å². The first-order valence-corrected chi connectivity index (χ1v) is 9.46. The Labute approximate surface area is 149 Å². The molecule has 0 unspecified atom stereocenters. The third-order valence-corrected chi connectivity index (χ3v) is 4.72. The van der Waals surface area contributed by atoms with E-state index in [0.717, 1.165) is 30.8 Å². The van der Waals surface area contributed by atoms with E-state index in [9.17, 15) is 0 Å². The molecule has 0 amide bonds. The Bertz CT molecular complexity index is 749. The van der Waals surface area contributed by atoms with Crippen LogP contribution in [0.15, 0.2) is 54.6 Å². The van der Waals surface area contributed by atoms with Crippen LogP contribution in [0.4, 0.5) is 0 Å². The zero-order valence-electron chi connectivity index (χ0n) is 14.1. The molecule has 0 radical (unpaired) electrons. The van der Waals surface area contributed by atoms with Crippen molar-refractivity contribution >= 4 is 22.6 Å². The Hall–Kier alpha value is -1.80. The number of nitrogens with zero attached hydrogens (tertiary/aromatic N) is 2. The van der Waals surface area contributed by atoms with Crippen molar-refractivity contribution in [2.24, 2.45) is 0 Å². The summed E-state index contributed by atoms with van der Waals surface area (Å²) in [5.41, 5.74) is 3.67. The van der Waals surface area contributed by atoms with Crippen LogP contribution < -0.4 is 0 Å². The van der Waals surface area contributed by atoms with E-state index in [1.165, 1.54) is 42.6 Å². The lowest BCUT2D eigenvalue weighted by molar-refractivity contribution is 0.566. The quantitative estimate of drug-likeness (QED) is 0.354. The Kier molecular flexibility index (Phi) is 6.31. The molecule has 1 aromatic heterocycles. The molecular weight excluding hydrogens is 316 g/mol. The summed E-state index contributed by atoms with van der Waals surface area (Å²) in [7, 11) is 0. The summed E-state index contributed by atoms with van der Waals surface area (Å²) >= 11 is 5.75. The normalized spacial score (nSPS) is 11.2. The summed E-state index contributed by atoms with van der Waals surface area (Å²) < 4.78 is 2.41. The van der Waals surface area contributed by atoms with Crippen molar-refractivity contribution in [2.75, 3.05) is 5.88 Å². The molecule has 0 fully saturated rings. The molecule has 0 atom stereocenters. The van der Waals surface area contributed by atoms with Crippen molar-refractivity contribution < 1.29 is 0 Å². The number of halogens is 1. The van der Waals surface area contributed by atoms with Gasteiger partial charge in [0.2, 0.25) is 0 Å². The van der Waals surface area contributed by atoms with Crippen molar-refractivity contribution in [1.82, 2.24) is 9.55 Å². The van der Waals surface area contributed by atoms with Crippen LogP contribution in [0.1, 0.15) is 43.5 Å². The third kappa shape index (κ3) is 4.39. The highest BCUT2D eigenvalue weighted by Crippen LogP contribution is 2.20. The van der Waals surface area contributed by atoms with Gasteiger partial charge in [-0.25, -0.2) is 4.98 Å². The lowest BCUT2D eigenvalue weighted by Gasteiger charge is -2.09. The van der Waals surface area contributed by atoms with Crippen LogP contribution in [0.2, 0.25) is 0 Å². The molecule has 0 bridgehead atoms. The summed E-state index contributed by atoms with van der Waals surface area (Å²) in [5, 5.41) is 0. The number of para-hydroxylation sites is 2. The average Bonchev–Trinajstić information content (AvgIpc) is 2.96. The molecule has 0 aliphatic carbocycles. The van der Waals surface area contributed by atoms with Crippen LogP contribution in [0.5, 0.6) is 0 Å². The van der Waals surface area contributed by atoms with Gasteiger partial charge in [-0.1, -0.05) is 61.7 Å². The number of aryl methyl sites for hydroxylation is 1. The van der Waals surface area contributed by atoms with Gasteiger partial charge in [0.05, 0.1) is 11.0 Å². The standard InChI is InChI=1S/C21H25ClN2/c22-15-9-2-1-3-10-16-24-20-14-8-7-13-19(20)23-21(24)17-18-11-5-4-6-12-18/h4-8,11-14H,1-3,9-10,15-17H2. The van der Waals surface area contributed by atoms with Crippen LogP contribution in [0.25, 0.3) is 11.0 Å². The zero-order chi connectivity index (χ0) is 16.6. The van der Waals surface area contributed by atoms with Gasteiger partial charge < -0.3 is 4.57 Å². The number of aromatic nitrogens is 2. The van der Waals surface area contributed by atoms with Gasteiger partial charge in [-0.3, -0.25) is 0 Å². The molecule has 3 aromatic rings. The van der Waals surface area contributed by atoms with Gasteiger partial charge in [0.25, 0.3) is 0 Å². The van der Waals surface area contributed by atoms with Crippen LogP contribution in [0, 0.1) is 0 Å². The second-order valence-corrected chi connectivity index (χ2v) is 6.67. The highest BCUT2D eigenvalue weighted by atomic mass is 35.5. The van der Waals surface area contributed by atoms with Crippen molar-refractivity contribution in [3.8, 4) is 0 Å². The molecule has 2 aromatic carbocycles. The molecule has 0 aliphatic rings. The largest absolute Gasteiger partial charge is 0.328 e. The number of alkyl halides is 1. The van der Waals surface area contributed by atoms with Crippen LogP contribution >= 0.6 is 11.6 Å². The predicted octanol–water partition coefficient (Wildman–Crippen LogP) is 5.82. The first-order chi connectivity index (χ1) is 11.9. The van der Waals surface area contributed by atoms with E-state index in [1.54, 1.807) is 0 Å². The third-order valence-electron chi connectivity index (χ3n) is 4.45. The monoisotopic (exact) mass is 340 g/mol. The van der Waals surface area contributed by atoms with Crippen molar-refractivity contribution in [3.05, 3.63) is 66.0 Å². The van der Waals surface area contributed by atoms with Gasteiger partial charge in [0.15, 0.2) is 0 Å². The first-order valence-electron chi connectivity index (χ1n) is 8.92. The summed E-state index contributed by atoms with van der Waals surface area (Å²) in [6.45, 7) is 1.05. The first kappa shape index (κ1) is 17.0. The fraction of sp³-hybridized carbons (Fsp3) is 0.381. The maximum absolute atomic E-state index is 5.75. The number of imidazole rings is 1. The van der Waals surface area contributed by atoms with Crippen molar-refractivity contribution in [3.63, 3.8) is 0 Å². The zero-order valence-corrected chi connectivity index (χ0v) is 14.9. The topological polar surface area (TPSA) is 17.8 Å². The van der Waals surface area contributed by atoms with Gasteiger partial charge in [-0.2, -0.15) is 0 Å². The molecule has 126 valence electrons. The smallest absolute Gasteiger partial charge is 0.114 e. The minimum atomic E-state index is 0.785. The molecule has 3 heteroatoms. The van der Waals surface area contributed by atoms with E-state index in [4.69, 9.17) is 16.6 Å². The van der Waals surface area contributed by atoms with Crippen LogP contribution in [0.3, 0.4) is 0 Å². The summed E-state index contributed by atoms with van der Waals surface area (Å²) in [6.07, 6.45) is 6.99. The second kappa shape index (κ2) is 8.89. The Balaban J connectivity index is 1.73. The van der Waals surface area contributed by atoms with E-state index in [2.05, 4.69) is 59.2 Å². The van der Waals surface area contributed by atoms with Crippen molar-refractivity contribution in [1.29, 1.82) is 0 Å². The molecule has 0 N–H and O–H groups in total. The maximum Gasteiger partial charge on any atom is 0.114 e. The van der Waals surface area contributed by atoms with E-state index in [0.29, 0.717) is 0 Å². The predicted molar refractivity (Wildman–Crippen MR) is 103 cm³/mol. The maximum atomic E-state index is 5.75. The van der Waals surface area contributed by atoms with Gasteiger partial charge in [-0.15, -0.1) is 11.6 Å². The molecule has 3 rings (SSSR count). The Morgan fingerprint density at radius 3 is 2.33 bits per heavy atom. The average molecular weight is 341 g/mol. The fourth-order valence-electron chi connectivity index (χ4n) is 3.18. The van der Waals surface area contributed by atoms with Crippen LogP contribution in [-0.4, -0.2) is 15.4 Å². The summed E-state index contributed by atoms with van der Waals surface area (Å²) in [4.78, 5) is 4.88. The number of unbranched alkanes of at least 4 members (excludes halogenated alkanes) is 4. The molecule has 0 spiro atoms. The Morgan fingerprint density at radius 2 is 1.50 bits per heavy atom. The molecule has 2 nitrogen and oxygen atoms in total. The van der Waals surface area contributed by atoms with E-state index >= 15 is 0 Å². The molecule has 0 aliphatic heterocycles. The lowest BCUT2D eigenvalue weighted by atomic mass is 10.1. The highest BCUT2D eigenvalue weighted by molar-refractivity contribution is 6.17. The van der Waals surface area contributed by atoms with Gasteiger partial charge in [0.1, 0.15) is 5.82 Å². The highest BCUT2D eigenvalue weighted by Gasteiger charge is 2.10. The second-order valence-electron chi connectivity index (χ2n) is 6.29. The van der Waals surface area contributed by atoms with Gasteiger partial charge in [0, 0.05) is 18.8 Å². The van der Waals surface area contributed by atoms with E-state index in [1.807, 2.05) is 0 Å². The number of hydrogen-bond donors (Lipinski definition) is 0. The van der Waals surface area contributed by atoms with Gasteiger partial charge >= 0.3 is 0 Å². The molecule has 0 saturated carbocycles. The summed E-state index contributed by atoms with van der Waals surface area (Å²) in [6, 6.07) is 19.1. The number of fused-ring (bicyclic) bond motifs is 1.